The van der Waals surface area contributed by atoms with Gasteiger partial charge in [-0.15, -0.1) is 0 Å². The molecule has 1 fully saturated rings. The van der Waals surface area contributed by atoms with E-state index in [1.165, 1.54) is 6.07 Å². The summed E-state index contributed by atoms with van der Waals surface area (Å²) in [4.78, 5) is 13.4. The summed E-state index contributed by atoms with van der Waals surface area (Å²) in [6.07, 6.45) is 0. The highest BCUT2D eigenvalue weighted by atomic mass is 35.5. The zero-order chi connectivity index (χ0) is 24.8. The van der Waals surface area contributed by atoms with Gasteiger partial charge in [0, 0.05) is 17.0 Å². The molecule has 3 rings (SSSR count). The predicted octanol–water partition coefficient (Wildman–Crippen LogP) is 6.41. The van der Waals surface area contributed by atoms with Crippen molar-refractivity contribution in [1.29, 1.82) is 5.26 Å². The number of ether oxygens (including phenoxy) is 1. The van der Waals surface area contributed by atoms with E-state index in [-0.39, 0.29) is 10.6 Å². The number of esters is 1. The van der Waals surface area contributed by atoms with E-state index in [4.69, 9.17) is 27.9 Å². The minimum Gasteiger partial charge on any atom is -0.459 e. The second-order valence-electron chi connectivity index (χ2n) is 10.6. The van der Waals surface area contributed by atoms with Crippen LogP contribution in [-0.2, 0) is 14.9 Å². The van der Waals surface area contributed by atoms with Crippen LogP contribution in [0.1, 0.15) is 58.6 Å². The topological polar surface area (TPSA) is 62.1 Å². The number of nitriles is 1. The molecule has 0 radical (unpaired) electrons. The Morgan fingerprint density at radius 2 is 1.70 bits per heavy atom. The van der Waals surface area contributed by atoms with Crippen molar-refractivity contribution in [3.63, 3.8) is 0 Å². The number of rotatable bonds is 3. The highest BCUT2D eigenvalue weighted by molar-refractivity contribution is 6.31. The van der Waals surface area contributed by atoms with Gasteiger partial charge in [0.1, 0.15) is 22.9 Å². The van der Waals surface area contributed by atoms with E-state index < -0.39 is 46.2 Å². The molecule has 4 atom stereocenters. The zero-order valence-corrected chi connectivity index (χ0v) is 21.2. The molecule has 0 amide bonds. The van der Waals surface area contributed by atoms with E-state index >= 15 is 4.39 Å². The maximum Gasteiger partial charge on any atom is 0.324 e. The zero-order valence-electron chi connectivity index (χ0n) is 19.7. The van der Waals surface area contributed by atoms with E-state index in [1.807, 2.05) is 20.8 Å². The first-order valence-electron chi connectivity index (χ1n) is 10.8. The van der Waals surface area contributed by atoms with Crippen LogP contribution in [0.5, 0.6) is 0 Å². The van der Waals surface area contributed by atoms with Gasteiger partial charge in [0.05, 0.1) is 11.1 Å². The van der Waals surface area contributed by atoms with Crippen molar-refractivity contribution in [3.8, 4) is 6.07 Å². The average molecular weight is 491 g/mol. The first-order chi connectivity index (χ1) is 15.2. The Labute approximate surface area is 205 Å². The van der Waals surface area contributed by atoms with Gasteiger partial charge in [-0.2, -0.15) is 5.26 Å². The van der Waals surface area contributed by atoms with Crippen molar-refractivity contribution >= 4 is 29.2 Å². The minimum atomic E-state index is -1.31. The van der Waals surface area contributed by atoms with Gasteiger partial charge >= 0.3 is 5.97 Å². The van der Waals surface area contributed by atoms with Crippen LogP contribution in [0.3, 0.4) is 0 Å². The molecule has 7 heteroatoms. The van der Waals surface area contributed by atoms with Gasteiger partial charge in [-0.25, -0.2) is 4.39 Å². The minimum absolute atomic E-state index is 0.0717. The number of benzene rings is 2. The number of nitrogens with one attached hydrogen (secondary N) is 1. The molecule has 1 saturated heterocycles. The van der Waals surface area contributed by atoms with Gasteiger partial charge in [-0.3, -0.25) is 10.1 Å². The van der Waals surface area contributed by atoms with Crippen molar-refractivity contribution in [1.82, 2.24) is 5.32 Å². The second kappa shape index (κ2) is 8.91. The Morgan fingerprint density at radius 1 is 1.09 bits per heavy atom. The van der Waals surface area contributed by atoms with E-state index in [9.17, 15) is 10.1 Å². The molecule has 0 aromatic heterocycles. The largest absolute Gasteiger partial charge is 0.459 e. The van der Waals surface area contributed by atoms with Crippen molar-refractivity contribution in [2.45, 2.75) is 70.6 Å². The molecule has 0 unspecified atom stereocenters. The summed E-state index contributed by atoms with van der Waals surface area (Å²) in [6.45, 7) is 11.3. The first kappa shape index (κ1) is 25.5. The molecule has 1 heterocycles. The fourth-order valence-electron chi connectivity index (χ4n) is 4.81. The third-order valence-corrected chi connectivity index (χ3v) is 6.52. The Morgan fingerprint density at radius 3 is 2.21 bits per heavy atom. The summed E-state index contributed by atoms with van der Waals surface area (Å²) in [6, 6.07) is 12.6. The third kappa shape index (κ3) is 4.75. The monoisotopic (exact) mass is 490 g/mol. The fourth-order valence-corrected chi connectivity index (χ4v) is 5.12. The molecule has 2 aromatic rings. The van der Waals surface area contributed by atoms with Crippen LogP contribution in [-0.4, -0.2) is 23.7 Å². The van der Waals surface area contributed by atoms with Crippen LogP contribution in [0, 0.1) is 22.6 Å². The number of carbonyl (C=O) groups excluding carboxylic acids is 1. The molecule has 4 nitrogen and oxygen atoms in total. The predicted molar refractivity (Wildman–Crippen MR) is 129 cm³/mol. The normalized spacial score (nSPS) is 25.5. The van der Waals surface area contributed by atoms with Crippen LogP contribution in [0.4, 0.5) is 4.39 Å². The van der Waals surface area contributed by atoms with Gasteiger partial charge in [0.25, 0.3) is 0 Å². The summed E-state index contributed by atoms with van der Waals surface area (Å²) in [5.41, 5.74) is -1.72. The van der Waals surface area contributed by atoms with E-state index in [1.54, 1.807) is 57.2 Å². The lowest BCUT2D eigenvalue weighted by Crippen LogP contribution is -2.50. The molecule has 33 heavy (non-hydrogen) atoms. The average Bonchev–Trinajstić information content (AvgIpc) is 3.06. The quantitative estimate of drug-likeness (QED) is 0.505. The van der Waals surface area contributed by atoms with Gasteiger partial charge in [0.15, 0.2) is 0 Å². The molecule has 0 bridgehead atoms. The van der Waals surface area contributed by atoms with Gasteiger partial charge in [-0.05, 0) is 55.5 Å². The van der Waals surface area contributed by atoms with E-state index in [2.05, 4.69) is 11.4 Å². The number of carbonyl (C=O) groups is 1. The Balaban J connectivity index is 2.35. The lowest BCUT2D eigenvalue weighted by Gasteiger charge is -2.40. The van der Waals surface area contributed by atoms with Crippen LogP contribution in [0.15, 0.2) is 42.5 Å². The SMILES string of the molecule is CC(C)(C)OC(=O)[C@@H]1N[C@@H](C(C)(C)C)[C@](C#N)(c2ccc(Cl)cc2)[C@H]1c1cccc(Cl)c1F. The molecule has 2 aromatic carbocycles. The molecule has 0 aliphatic carbocycles. The van der Waals surface area contributed by atoms with Crippen LogP contribution in [0.25, 0.3) is 0 Å². The Hall–Kier alpha value is -2.13. The molecule has 1 aliphatic heterocycles. The third-order valence-electron chi connectivity index (χ3n) is 5.98. The number of hydrogen-bond acceptors (Lipinski definition) is 4. The smallest absolute Gasteiger partial charge is 0.324 e. The lowest BCUT2D eigenvalue weighted by atomic mass is 9.60. The van der Waals surface area contributed by atoms with Gasteiger partial charge in [-0.1, -0.05) is 68.2 Å². The molecule has 0 spiro atoms. The molecule has 1 aliphatic rings. The second-order valence-corrected chi connectivity index (χ2v) is 11.4. The molecule has 0 saturated carbocycles. The highest BCUT2D eigenvalue weighted by Gasteiger charge is 2.63. The van der Waals surface area contributed by atoms with E-state index in [0.717, 1.165) is 0 Å². The maximum atomic E-state index is 15.5. The number of hydrogen-bond donors (Lipinski definition) is 1. The summed E-state index contributed by atoms with van der Waals surface area (Å²) in [5, 5.41) is 14.6. The molecular weight excluding hydrogens is 462 g/mol. The van der Waals surface area contributed by atoms with Gasteiger partial charge in [0.2, 0.25) is 0 Å². The van der Waals surface area contributed by atoms with Crippen molar-refractivity contribution in [3.05, 3.63) is 69.5 Å². The maximum absolute atomic E-state index is 15.5. The van der Waals surface area contributed by atoms with E-state index in [0.29, 0.717) is 10.6 Å². The summed E-state index contributed by atoms with van der Waals surface area (Å²) >= 11 is 12.3. The molecule has 1 N–H and O–H groups in total. The molecular formula is C26H29Cl2FN2O2. The standard InChI is InChI=1S/C26H29Cl2FN2O2/c1-24(2,3)23-26(14-30,15-10-12-16(27)13-11-15)19(17-8-7-9-18(28)20(17)29)21(31-23)22(32)33-25(4,5)6/h7-13,19,21,23,31H,1-6H3/t19-,21+,23-,26+/m0/s1. The summed E-state index contributed by atoms with van der Waals surface area (Å²) < 4.78 is 21.2. The van der Waals surface area contributed by atoms with Crippen molar-refractivity contribution in [2.75, 3.05) is 0 Å². The lowest BCUT2D eigenvalue weighted by molar-refractivity contribution is -0.157. The highest BCUT2D eigenvalue weighted by Crippen LogP contribution is 2.54. The number of halogens is 3. The van der Waals surface area contributed by atoms with Crippen molar-refractivity contribution in [2.24, 2.45) is 5.41 Å². The van der Waals surface area contributed by atoms with Crippen LogP contribution in [0.2, 0.25) is 10.0 Å². The Kier molecular flexibility index (Phi) is 6.88. The fraction of sp³-hybridized carbons (Fsp3) is 0.462. The van der Waals surface area contributed by atoms with Crippen molar-refractivity contribution < 1.29 is 13.9 Å². The first-order valence-corrected chi connectivity index (χ1v) is 11.6. The van der Waals surface area contributed by atoms with Crippen LogP contribution < -0.4 is 5.32 Å². The Bertz CT molecular complexity index is 1080. The van der Waals surface area contributed by atoms with Crippen LogP contribution >= 0.6 is 23.2 Å². The summed E-state index contributed by atoms with van der Waals surface area (Å²) in [7, 11) is 0. The number of nitrogens with zero attached hydrogens (tertiary/aromatic N) is 1. The van der Waals surface area contributed by atoms with Gasteiger partial charge < -0.3 is 4.74 Å². The molecule has 176 valence electrons. The summed E-state index contributed by atoms with van der Waals surface area (Å²) in [5.74, 6) is -2.10.